The van der Waals surface area contributed by atoms with Crippen molar-refractivity contribution < 1.29 is 4.74 Å². The molecule has 5 heteroatoms. The Morgan fingerprint density at radius 1 is 1.25 bits per heavy atom. The smallest absolute Gasteiger partial charge is 0.159 e. The van der Waals surface area contributed by atoms with Gasteiger partial charge in [0, 0.05) is 19.2 Å². The van der Waals surface area contributed by atoms with Crippen molar-refractivity contribution in [3.63, 3.8) is 0 Å². The second kappa shape index (κ2) is 6.99. The largest absolute Gasteiger partial charge is 0.374 e. The van der Waals surface area contributed by atoms with Crippen LogP contribution in [-0.4, -0.2) is 23.6 Å². The van der Waals surface area contributed by atoms with Crippen molar-refractivity contribution >= 4 is 28.4 Å². The molecule has 0 saturated heterocycles. The van der Waals surface area contributed by atoms with E-state index < -0.39 is 0 Å². The van der Waals surface area contributed by atoms with Crippen LogP contribution in [0.4, 0.5) is 5.82 Å². The highest BCUT2D eigenvalue weighted by atomic mass is 127. The van der Waals surface area contributed by atoms with E-state index in [1.165, 1.54) is 0 Å². The first-order valence-electron chi connectivity index (χ1n) is 6.56. The summed E-state index contributed by atoms with van der Waals surface area (Å²) in [6.45, 7) is 4.83. The van der Waals surface area contributed by atoms with E-state index >= 15 is 0 Å². The Morgan fingerprint density at radius 2 is 1.95 bits per heavy atom. The van der Waals surface area contributed by atoms with Gasteiger partial charge in [-0.25, -0.2) is 9.97 Å². The number of hydrogen-bond donors (Lipinski definition) is 1. The minimum absolute atomic E-state index is 0.133. The van der Waals surface area contributed by atoms with Crippen molar-refractivity contribution in [2.45, 2.75) is 20.0 Å². The number of nitrogens with one attached hydrogen (secondary N) is 1. The molecule has 0 saturated carbocycles. The maximum Gasteiger partial charge on any atom is 0.159 e. The van der Waals surface area contributed by atoms with Gasteiger partial charge in [-0.05, 0) is 36.4 Å². The molecule has 0 aliphatic rings. The molecule has 1 N–H and O–H groups in total. The summed E-state index contributed by atoms with van der Waals surface area (Å²) in [7, 11) is 1.67. The van der Waals surface area contributed by atoms with Gasteiger partial charge in [0.25, 0.3) is 0 Å². The molecule has 1 atom stereocenters. The van der Waals surface area contributed by atoms with Gasteiger partial charge in [-0.2, -0.15) is 0 Å². The molecular weight excluding hydrogens is 365 g/mol. The fraction of sp³-hybridized carbons (Fsp3) is 0.333. The zero-order valence-electron chi connectivity index (χ0n) is 11.9. The van der Waals surface area contributed by atoms with Crippen molar-refractivity contribution in [2.75, 3.05) is 19.0 Å². The maximum atomic E-state index is 5.34. The molecule has 2 rings (SSSR count). The number of halogens is 1. The van der Waals surface area contributed by atoms with Gasteiger partial charge >= 0.3 is 0 Å². The standard InChI is InChI=1S/C15H18IN3O/c1-4-17-15-12(16)13(11-8-6-5-7-9-11)18-14(19-15)10(2)20-3/h5-10H,4H2,1-3H3,(H,17,18,19). The summed E-state index contributed by atoms with van der Waals surface area (Å²) in [5, 5.41) is 3.29. The van der Waals surface area contributed by atoms with E-state index in [1.54, 1.807) is 7.11 Å². The molecule has 20 heavy (non-hydrogen) atoms. The van der Waals surface area contributed by atoms with Crippen LogP contribution in [0.5, 0.6) is 0 Å². The number of hydrogen-bond acceptors (Lipinski definition) is 4. The summed E-state index contributed by atoms with van der Waals surface area (Å²) in [6, 6.07) is 10.1. The zero-order valence-corrected chi connectivity index (χ0v) is 14.0. The number of aromatic nitrogens is 2. The van der Waals surface area contributed by atoms with Crippen molar-refractivity contribution in [1.29, 1.82) is 0 Å². The molecule has 106 valence electrons. The molecule has 0 bridgehead atoms. The van der Waals surface area contributed by atoms with E-state index in [0.717, 1.165) is 27.2 Å². The minimum atomic E-state index is -0.133. The first kappa shape index (κ1) is 15.2. The third-order valence-corrected chi connectivity index (χ3v) is 4.00. The number of methoxy groups -OCH3 is 1. The summed E-state index contributed by atoms with van der Waals surface area (Å²) in [5.41, 5.74) is 2.03. The van der Waals surface area contributed by atoms with Gasteiger partial charge in [0.05, 0.1) is 9.26 Å². The highest BCUT2D eigenvalue weighted by Crippen LogP contribution is 2.29. The molecule has 0 aliphatic heterocycles. The molecule has 1 aromatic heterocycles. The lowest BCUT2D eigenvalue weighted by Gasteiger charge is -2.15. The highest BCUT2D eigenvalue weighted by molar-refractivity contribution is 14.1. The first-order chi connectivity index (χ1) is 9.67. The average Bonchev–Trinajstić information content (AvgIpc) is 2.49. The maximum absolute atomic E-state index is 5.34. The van der Waals surface area contributed by atoms with Crippen LogP contribution < -0.4 is 5.32 Å². The predicted molar refractivity (Wildman–Crippen MR) is 89.8 cm³/mol. The van der Waals surface area contributed by atoms with Crippen molar-refractivity contribution in [3.05, 3.63) is 39.7 Å². The van der Waals surface area contributed by atoms with Crippen molar-refractivity contribution in [3.8, 4) is 11.3 Å². The van der Waals surface area contributed by atoms with Crippen molar-refractivity contribution in [2.24, 2.45) is 0 Å². The third kappa shape index (κ3) is 3.27. The molecule has 0 fully saturated rings. The van der Waals surface area contributed by atoms with Crippen LogP contribution >= 0.6 is 22.6 Å². The normalized spacial score (nSPS) is 12.2. The molecule has 0 radical (unpaired) electrons. The lowest BCUT2D eigenvalue weighted by atomic mass is 10.1. The van der Waals surface area contributed by atoms with E-state index in [2.05, 4.69) is 56.9 Å². The fourth-order valence-electron chi connectivity index (χ4n) is 1.82. The van der Waals surface area contributed by atoms with Gasteiger partial charge in [0.2, 0.25) is 0 Å². The second-order valence-electron chi connectivity index (χ2n) is 4.37. The Morgan fingerprint density at radius 3 is 2.55 bits per heavy atom. The second-order valence-corrected chi connectivity index (χ2v) is 5.45. The van der Waals surface area contributed by atoms with Crippen LogP contribution in [0.15, 0.2) is 30.3 Å². The Hall–Kier alpha value is -1.21. The highest BCUT2D eigenvalue weighted by Gasteiger charge is 2.16. The van der Waals surface area contributed by atoms with Gasteiger partial charge in [0.15, 0.2) is 5.82 Å². The van der Waals surface area contributed by atoms with Crippen LogP contribution in [0.3, 0.4) is 0 Å². The van der Waals surface area contributed by atoms with Crippen molar-refractivity contribution in [1.82, 2.24) is 9.97 Å². The van der Waals surface area contributed by atoms with Gasteiger partial charge in [0.1, 0.15) is 11.9 Å². The van der Waals surface area contributed by atoms with Gasteiger partial charge in [-0.15, -0.1) is 0 Å². The van der Waals surface area contributed by atoms with Crippen LogP contribution in [0, 0.1) is 3.57 Å². The summed E-state index contributed by atoms with van der Waals surface area (Å²) >= 11 is 2.29. The molecule has 2 aromatic rings. The van der Waals surface area contributed by atoms with Gasteiger partial charge in [-0.1, -0.05) is 30.3 Å². The quantitative estimate of drug-likeness (QED) is 0.796. The predicted octanol–water partition coefficient (Wildman–Crippen LogP) is 3.89. The Bertz CT molecular complexity index is 575. The Balaban J connectivity index is 2.57. The monoisotopic (exact) mass is 383 g/mol. The molecule has 0 spiro atoms. The topological polar surface area (TPSA) is 47.0 Å². The number of rotatable bonds is 5. The Labute approximate surface area is 133 Å². The van der Waals surface area contributed by atoms with E-state index in [-0.39, 0.29) is 6.10 Å². The van der Waals surface area contributed by atoms with E-state index in [9.17, 15) is 0 Å². The lowest BCUT2D eigenvalue weighted by molar-refractivity contribution is 0.112. The first-order valence-corrected chi connectivity index (χ1v) is 7.64. The summed E-state index contributed by atoms with van der Waals surface area (Å²) in [6.07, 6.45) is -0.133. The number of anilines is 1. The van der Waals surface area contributed by atoms with E-state index in [0.29, 0.717) is 5.82 Å². The molecule has 4 nitrogen and oxygen atoms in total. The van der Waals surface area contributed by atoms with E-state index in [4.69, 9.17) is 4.74 Å². The third-order valence-electron chi connectivity index (χ3n) is 2.98. The molecule has 1 heterocycles. The zero-order chi connectivity index (χ0) is 14.5. The Kier molecular flexibility index (Phi) is 5.31. The number of benzene rings is 1. The molecule has 0 aliphatic carbocycles. The summed E-state index contributed by atoms with van der Waals surface area (Å²) in [5.74, 6) is 1.56. The SMILES string of the molecule is CCNc1nc(C(C)OC)nc(-c2ccccc2)c1I. The molecular formula is C15H18IN3O. The average molecular weight is 383 g/mol. The van der Waals surface area contributed by atoms with Crippen LogP contribution in [-0.2, 0) is 4.74 Å². The van der Waals surface area contributed by atoms with Crippen LogP contribution in [0.25, 0.3) is 11.3 Å². The minimum Gasteiger partial charge on any atom is -0.374 e. The number of ether oxygens (including phenoxy) is 1. The lowest BCUT2D eigenvalue weighted by Crippen LogP contribution is -2.10. The fourth-order valence-corrected chi connectivity index (χ4v) is 2.57. The summed E-state index contributed by atoms with van der Waals surface area (Å²) in [4.78, 5) is 9.24. The van der Waals surface area contributed by atoms with Crippen LogP contribution in [0.1, 0.15) is 25.8 Å². The molecule has 1 aromatic carbocycles. The van der Waals surface area contributed by atoms with E-state index in [1.807, 2.05) is 25.1 Å². The van der Waals surface area contributed by atoms with Gasteiger partial charge in [-0.3, -0.25) is 0 Å². The molecule has 0 amide bonds. The molecule has 1 unspecified atom stereocenters. The number of nitrogens with zero attached hydrogens (tertiary/aromatic N) is 2. The van der Waals surface area contributed by atoms with Gasteiger partial charge < -0.3 is 10.1 Å². The summed E-state index contributed by atoms with van der Waals surface area (Å²) < 4.78 is 6.38. The van der Waals surface area contributed by atoms with Crippen LogP contribution in [0.2, 0.25) is 0 Å².